The minimum absolute atomic E-state index is 0.00598. The maximum atomic E-state index is 14.2. The van der Waals surface area contributed by atoms with E-state index in [9.17, 15) is 17.6 Å². The van der Waals surface area contributed by atoms with Crippen molar-refractivity contribution in [1.82, 2.24) is 34.3 Å². The molecule has 0 amide bonds. The van der Waals surface area contributed by atoms with Crippen LogP contribution in [0.2, 0.25) is 0 Å². The molecule has 1 saturated carbocycles. The van der Waals surface area contributed by atoms with Crippen LogP contribution < -0.4 is 9.47 Å². The van der Waals surface area contributed by atoms with Crippen molar-refractivity contribution in [3.05, 3.63) is 59.9 Å². The highest BCUT2D eigenvalue weighted by Crippen LogP contribution is 2.56. The molecule has 4 aromatic heterocycles. The van der Waals surface area contributed by atoms with Crippen LogP contribution in [0.1, 0.15) is 29.4 Å². The molecule has 0 unspecified atom stereocenters. The second-order valence-corrected chi connectivity index (χ2v) is 8.75. The molecular weight excluding hydrogens is 494 g/mol. The van der Waals surface area contributed by atoms with E-state index >= 15 is 0 Å². The van der Waals surface area contributed by atoms with Crippen LogP contribution in [0.3, 0.4) is 0 Å². The van der Waals surface area contributed by atoms with Gasteiger partial charge in [-0.1, -0.05) is 6.07 Å². The fourth-order valence-corrected chi connectivity index (χ4v) is 4.70. The lowest BCUT2D eigenvalue weighted by atomic mass is 10.0. The number of rotatable bonds is 6. The van der Waals surface area contributed by atoms with Crippen molar-refractivity contribution < 1.29 is 27.0 Å². The van der Waals surface area contributed by atoms with Gasteiger partial charge in [0.15, 0.2) is 5.65 Å². The van der Waals surface area contributed by atoms with Crippen LogP contribution >= 0.6 is 0 Å². The quantitative estimate of drug-likeness (QED) is 0.308. The smallest absolute Gasteiger partial charge is 0.408 e. The summed E-state index contributed by atoms with van der Waals surface area (Å²) < 4.78 is 66.0. The Kier molecular flexibility index (Phi) is 5.24. The monoisotopic (exact) mass is 513 g/mol. The second kappa shape index (κ2) is 8.39. The Hall–Kier alpha value is -4.29. The first kappa shape index (κ1) is 23.1. The van der Waals surface area contributed by atoms with E-state index in [-0.39, 0.29) is 28.7 Å². The topological polar surface area (TPSA) is 92.3 Å². The van der Waals surface area contributed by atoms with E-state index < -0.39 is 18.7 Å². The zero-order valence-corrected chi connectivity index (χ0v) is 19.6. The molecule has 37 heavy (non-hydrogen) atoms. The summed E-state index contributed by atoms with van der Waals surface area (Å²) in [4.78, 5) is 12.9. The number of benzene rings is 1. The summed E-state index contributed by atoms with van der Waals surface area (Å²) in [5.41, 5.74) is 3.61. The molecule has 1 aliphatic rings. The minimum atomic E-state index is -4.52. The highest BCUT2D eigenvalue weighted by Gasteiger charge is 2.42. The molecule has 4 heterocycles. The molecule has 0 aliphatic heterocycles. The van der Waals surface area contributed by atoms with Crippen LogP contribution in [0.25, 0.3) is 27.8 Å². The normalized spacial score (nSPS) is 17.5. The highest BCUT2D eigenvalue weighted by molar-refractivity contribution is 5.80. The van der Waals surface area contributed by atoms with E-state index in [1.165, 1.54) is 20.3 Å². The maximum absolute atomic E-state index is 14.2. The number of aromatic nitrogens is 7. The Bertz CT molecular complexity index is 1650. The van der Waals surface area contributed by atoms with Crippen molar-refractivity contribution in [3.8, 4) is 23.1 Å². The molecule has 1 fully saturated rings. The van der Waals surface area contributed by atoms with E-state index in [0.717, 1.165) is 17.5 Å². The summed E-state index contributed by atoms with van der Waals surface area (Å²) >= 11 is 0. The minimum Gasteiger partial charge on any atom is -0.480 e. The number of methoxy groups -OCH3 is 2. The van der Waals surface area contributed by atoms with Gasteiger partial charge in [-0.05, 0) is 42.0 Å². The van der Waals surface area contributed by atoms with Gasteiger partial charge < -0.3 is 9.47 Å². The number of alkyl halides is 3. The maximum Gasteiger partial charge on any atom is 0.408 e. The van der Waals surface area contributed by atoms with E-state index in [1.807, 2.05) is 6.07 Å². The number of hydrogen-bond acceptors (Lipinski definition) is 7. The standard InChI is InChI=1S/C24H19F4N7O2/c1-36-22-17(10-30-23(31-22)37-2)18-9-16(21-29-5-6-34(21)32-18)15-8-14(15)12-3-4-13-19(7-12)35(33-20(13)25)11-24(26,27)28/h3-7,9-10,14-15H,8,11H2,1-2H3/t14-,15+/m1/s1. The molecule has 0 bridgehead atoms. The van der Waals surface area contributed by atoms with E-state index in [2.05, 4.69) is 25.1 Å². The molecule has 13 heteroatoms. The summed E-state index contributed by atoms with van der Waals surface area (Å²) in [6.45, 7) is -1.36. The Morgan fingerprint density at radius 1 is 1.05 bits per heavy atom. The van der Waals surface area contributed by atoms with E-state index in [1.54, 1.807) is 35.2 Å². The number of ether oxygens (including phenoxy) is 2. The van der Waals surface area contributed by atoms with Crippen LogP contribution in [0.4, 0.5) is 17.6 Å². The van der Waals surface area contributed by atoms with Gasteiger partial charge in [0.05, 0.1) is 36.4 Å². The summed E-state index contributed by atoms with van der Waals surface area (Å²) in [5.74, 6) is -0.598. The summed E-state index contributed by atoms with van der Waals surface area (Å²) in [6.07, 6.45) is 1.15. The lowest BCUT2D eigenvalue weighted by molar-refractivity contribution is -0.142. The fourth-order valence-electron chi connectivity index (χ4n) is 4.70. The Morgan fingerprint density at radius 3 is 2.65 bits per heavy atom. The lowest BCUT2D eigenvalue weighted by Gasteiger charge is -2.11. The molecule has 190 valence electrons. The van der Waals surface area contributed by atoms with Gasteiger partial charge in [-0.2, -0.15) is 27.6 Å². The fraction of sp³-hybridized carbons (Fsp3) is 0.292. The molecular formula is C24H19F4N7O2. The van der Waals surface area contributed by atoms with Crippen molar-refractivity contribution in [2.75, 3.05) is 14.2 Å². The number of hydrogen-bond donors (Lipinski definition) is 0. The molecule has 1 aliphatic carbocycles. The van der Waals surface area contributed by atoms with Crippen LogP contribution in [0.15, 0.2) is 42.9 Å². The number of halogens is 4. The lowest BCUT2D eigenvalue weighted by Crippen LogP contribution is -2.18. The number of imidazole rings is 1. The highest BCUT2D eigenvalue weighted by atomic mass is 19.4. The average Bonchev–Trinajstić information content (AvgIpc) is 3.43. The molecule has 0 N–H and O–H groups in total. The number of fused-ring (bicyclic) bond motifs is 2. The molecule has 5 aromatic rings. The molecule has 9 nitrogen and oxygen atoms in total. The Morgan fingerprint density at radius 2 is 1.89 bits per heavy atom. The van der Waals surface area contributed by atoms with Crippen LogP contribution in [0, 0.1) is 5.95 Å². The van der Waals surface area contributed by atoms with Gasteiger partial charge >= 0.3 is 12.2 Å². The van der Waals surface area contributed by atoms with Crippen molar-refractivity contribution in [1.29, 1.82) is 0 Å². The predicted octanol–water partition coefficient (Wildman–Crippen LogP) is 4.53. The van der Waals surface area contributed by atoms with E-state index in [4.69, 9.17) is 9.47 Å². The first-order valence-electron chi connectivity index (χ1n) is 11.3. The SMILES string of the molecule is COc1ncc(-c2cc([C@H]3C[C@@H]3c3ccc4c(F)nn(CC(F)(F)F)c4c3)c3nccn3n2)c(OC)n1. The first-order valence-corrected chi connectivity index (χ1v) is 11.3. The second-order valence-electron chi connectivity index (χ2n) is 8.75. The van der Waals surface area contributed by atoms with Crippen molar-refractivity contribution in [2.24, 2.45) is 0 Å². The third-order valence-electron chi connectivity index (χ3n) is 6.45. The summed E-state index contributed by atoms with van der Waals surface area (Å²) in [7, 11) is 2.94. The van der Waals surface area contributed by atoms with Crippen LogP contribution in [0.5, 0.6) is 11.9 Å². The van der Waals surface area contributed by atoms with Gasteiger partial charge in [0.1, 0.15) is 6.54 Å². The molecule has 0 saturated heterocycles. The van der Waals surface area contributed by atoms with Crippen molar-refractivity contribution >= 4 is 16.6 Å². The zero-order valence-electron chi connectivity index (χ0n) is 19.6. The third kappa shape index (κ3) is 4.09. The largest absolute Gasteiger partial charge is 0.480 e. The zero-order chi connectivity index (χ0) is 25.9. The molecule has 6 rings (SSSR count). The van der Waals surface area contributed by atoms with Gasteiger partial charge in [-0.3, -0.25) is 4.68 Å². The average molecular weight is 513 g/mol. The molecule has 0 radical (unpaired) electrons. The van der Waals surface area contributed by atoms with Gasteiger partial charge in [-0.15, -0.1) is 5.10 Å². The Labute approximate surface area is 206 Å². The van der Waals surface area contributed by atoms with Gasteiger partial charge in [0.2, 0.25) is 11.8 Å². The van der Waals surface area contributed by atoms with Gasteiger partial charge in [0, 0.05) is 24.2 Å². The van der Waals surface area contributed by atoms with Crippen LogP contribution in [-0.2, 0) is 6.54 Å². The first-order chi connectivity index (χ1) is 17.8. The third-order valence-corrected chi connectivity index (χ3v) is 6.45. The predicted molar refractivity (Wildman–Crippen MR) is 123 cm³/mol. The summed E-state index contributed by atoms with van der Waals surface area (Å²) in [5, 5.41) is 8.13. The molecule has 2 atom stereocenters. The van der Waals surface area contributed by atoms with Crippen molar-refractivity contribution in [3.63, 3.8) is 0 Å². The number of nitrogens with zero attached hydrogens (tertiary/aromatic N) is 7. The van der Waals surface area contributed by atoms with E-state index in [0.29, 0.717) is 27.5 Å². The molecule has 0 spiro atoms. The van der Waals surface area contributed by atoms with Gasteiger partial charge in [0.25, 0.3) is 0 Å². The van der Waals surface area contributed by atoms with Crippen LogP contribution in [-0.4, -0.2) is 54.7 Å². The summed E-state index contributed by atoms with van der Waals surface area (Å²) in [6, 6.07) is 6.86. The van der Waals surface area contributed by atoms with Gasteiger partial charge in [-0.25, -0.2) is 14.5 Å². The van der Waals surface area contributed by atoms with Crippen molar-refractivity contribution in [2.45, 2.75) is 31.0 Å². The Balaban J connectivity index is 1.38. The molecule has 1 aromatic carbocycles.